The number of carbonyl (C=O) groups excluding carboxylic acids is 2. The average molecular weight is 658 g/mol. The number of aliphatic carboxylic acids is 1. The van der Waals surface area contributed by atoms with Crippen LogP contribution in [0, 0.1) is 0 Å². The van der Waals surface area contributed by atoms with Crippen LogP contribution < -0.4 is 16.2 Å². The molecule has 45 heavy (non-hydrogen) atoms. The zero-order chi connectivity index (χ0) is 33.4. The quantitative estimate of drug-likeness (QED) is 0.227. The van der Waals surface area contributed by atoms with Crippen molar-refractivity contribution in [3.8, 4) is 11.1 Å². The highest BCUT2D eigenvalue weighted by molar-refractivity contribution is 7.98. The zero-order valence-corrected chi connectivity index (χ0v) is 27.2. The van der Waals surface area contributed by atoms with Crippen LogP contribution in [0.2, 0.25) is 0 Å². The number of rotatable bonds is 10. The number of carbonyl (C=O) groups is 3. The average Bonchev–Trinajstić information content (AvgIpc) is 3.30. The molecule has 0 saturated heterocycles. The third-order valence-electron chi connectivity index (χ3n) is 6.77. The molecule has 1 amide bonds. The number of thioether (sulfide) groups is 1. The van der Waals surface area contributed by atoms with Crippen molar-refractivity contribution in [2.75, 3.05) is 18.6 Å². The maximum absolute atomic E-state index is 12.1. The van der Waals surface area contributed by atoms with Gasteiger partial charge in [0.2, 0.25) is 10.0 Å². The third kappa shape index (κ3) is 10.0. The van der Waals surface area contributed by atoms with Gasteiger partial charge >= 0.3 is 18.0 Å². The lowest BCUT2D eigenvalue weighted by Crippen LogP contribution is -2.41. The Morgan fingerprint density at radius 3 is 1.96 bits per heavy atom. The molecule has 0 fully saturated rings. The summed E-state index contributed by atoms with van der Waals surface area (Å²) in [5, 5.41) is 16.6. The summed E-state index contributed by atoms with van der Waals surface area (Å²) >= 11 is 1.54. The Labute approximate surface area is 267 Å². The minimum absolute atomic E-state index is 0.0346. The Morgan fingerprint density at radius 1 is 0.956 bits per heavy atom. The standard InChI is InChI=1S/C20H21NO4S.C12H18N2O4S/c1-26-11-10-18(19(22)23)21-20(24)25-12-17-15-8-4-2-6-13(15)14-7-3-5-9-16(14)17;1-12(2,3)18-11(15)10(13)8-4-6-9(7-5-8)19(14,16)17/h2-9,17-18H,10-12H2,1H3,(H,21,24)(H,22,23);4-7,10H,13H2,1-3H3,(H2,14,16,17). The highest BCUT2D eigenvalue weighted by Crippen LogP contribution is 2.44. The molecule has 0 heterocycles. The third-order valence-corrected chi connectivity index (χ3v) is 8.35. The van der Waals surface area contributed by atoms with Gasteiger partial charge in [0, 0.05) is 5.92 Å². The summed E-state index contributed by atoms with van der Waals surface area (Å²) in [5.74, 6) is -1.01. The number of hydrogen-bond acceptors (Lipinski definition) is 9. The summed E-state index contributed by atoms with van der Waals surface area (Å²) in [4.78, 5) is 35.1. The number of fused-ring (bicyclic) bond motifs is 3. The molecule has 11 nitrogen and oxygen atoms in total. The predicted octanol–water partition coefficient (Wildman–Crippen LogP) is 4.41. The van der Waals surface area contributed by atoms with Gasteiger partial charge in [-0.3, -0.25) is 0 Å². The molecule has 0 aromatic heterocycles. The minimum atomic E-state index is -3.75. The Kier molecular flexibility index (Phi) is 12.2. The maximum Gasteiger partial charge on any atom is 0.407 e. The Balaban J connectivity index is 0.000000259. The first-order chi connectivity index (χ1) is 21.1. The van der Waals surface area contributed by atoms with Gasteiger partial charge in [-0.25, -0.2) is 27.9 Å². The van der Waals surface area contributed by atoms with E-state index in [0.29, 0.717) is 17.7 Å². The highest BCUT2D eigenvalue weighted by Gasteiger charge is 2.30. The Bertz CT molecular complexity index is 1560. The number of nitrogens with one attached hydrogen (secondary N) is 1. The van der Waals surface area contributed by atoms with E-state index in [-0.39, 0.29) is 17.4 Å². The van der Waals surface area contributed by atoms with Gasteiger partial charge in [0.15, 0.2) is 0 Å². The number of esters is 1. The van der Waals surface area contributed by atoms with E-state index in [0.717, 1.165) is 22.3 Å². The number of primary sulfonamides is 1. The van der Waals surface area contributed by atoms with Crippen LogP contribution in [0.1, 0.15) is 55.8 Å². The number of alkyl carbamates (subject to hydrolysis) is 1. The number of sulfonamides is 1. The van der Waals surface area contributed by atoms with E-state index in [4.69, 9.17) is 20.3 Å². The largest absolute Gasteiger partial charge is 0.480 e. The van der Waals surface area contributed by atoms with Gasteiger partial charge in [0.05, 0.1) is 4.90 Å². The summed E-state index contributed by atoms with van der Waals surface area (Å²) in [6, 6.07) is 19.7. The summed E-state index contributed by atoms with van der Waals surface area (Å²) in [6.07, 6.45) is 1.56. The van der Waals surface area contributed by atoms with Crippen molar-refractivity contribution in [2.24, 2.45) is 10.9 Å². The molecular weight excluding hydrogens is 618 g/mol. The fourth-order valence-corrected chi connectivity index (χ4v) is 5.63. The van der Waals surface area contributed by atoms with Gasteiger partial charge in [-0.1, -0.05) is 60.7 Å². The van der Waals surface area contributed by atoms with Crippen LogP contribution in [0.15, 0.2) is 77.7 Å². The smallest absolute Gasteiger partial charge is 0.407 e. The lowest BCUT2D eigenvalue weighted by molar-refractivity contribution is -0.156. The van der Waals surface area contributed by atoms with Crippen LogP contribution in [0.5, 0.6) is 0 Å². The molecule has 3 aromatic carbocycles. The number of carboxylic acid groups (broad SMARTS) is 1. The molecule has 1 aliphatic rings. The summed E-state index contributed by atoms with van der Waals surface area (Å²) in [5.41, 5.74) is 10.1. The van der Waals surface area contributed by atoms with Crippen molar-refractivity contribution in [3.63, 3.8) is 0 Å². The molecule has 0 saturated carbocycles. The van der Waals surface area contributed by atoms with Crippen molar-refractivity contribution in [1.82, 2.24) is 5.32 Å². The molecule has 242 valence electrons. The lowest BCUT2D eigenvalue weighted by atomic mass is 9.98. The fourth-order valence-electron chi connectivity index (χ4n) is 4.64. The number of amides is 1. The van der Waals surface area contributed by atoms with E-state index in [9.17, 15) is 27.9 Å². The topological polar surface area (TPSA) is 188 Å². The number of carboxylic acids is 1. The summed E-state index contributed by atoms with van der Waals surface area (Å²) in [7, 11) is -3.75. The van der Waals surface area contributed by atoms with Crippen LogP contribution >= 0.6 is 11.8 Å². The van der Waals surface area contributed by atoms with E-state index in [1.165, 1.54) is 36.0 Å². The van der Waals surface area contributed by atoms with E-state index in [2.05, 4.69) is 17.4 Å². The molecule has 4 rings (SSSR count). The van der Waals surface area contributed by atoms with Crippen LogP contribution in [0.25, 0.3) is 11.1 Å². The predicted molar refractivity (Wildman–Crippen MR) is 173 cm³/mol. The van der Waals surface area contributed by atoms with Crippen molar-refractivity contribution in [3.05, 3.63) is 89.5 Å². The molecule has 2 unspecified atom stereocenters. The highest BCUT2D eigenvalue weighted by atomic mass is 32.2. The van der Waals surface area contributed by atoms with Crippen molar-refractivity contribution < 1.29 is 37.4 Å². The minimum Gasteiger partial charge on any atom is -0.480 e. The number of benzene rings is 3. The van der Waals surface area contributed by atoms with Crippen molar-refractivity contribution in [1.29, 1.82) is 0 Å². The van der Waals surface area contributed by atoms with Crippen LogP contribution in [-0.2, 0) is 29.1 Å². The van der Waals surface area contributed by atoms with Gasteiger partial charge in [-0.2, -0.15) is 11.8 Å². The first-order valence-electron chi connectivity index (χ1n) is 14.1. The van der Waals surface area contributed by atoms with Gasteiger partial charge < -0.3 is 25.6 Å². The summed E-state index contributed by atoms with van der Waals surface area (Å²) in [6.45, 7) is 5.39. The molecule has 6 N–H and O–H groups in total. The van der Waals surface area contributed by atoms with E-state index in [1.807, 2.05) is 42.7 Å². The van der Waals surface area contributed by atoms with Gasteiger partial charge in [-0.05, 0) is 79.2 Å². The second-order valence-electron chi connectivity index (χ2n) is 11.3. The monoisotopic (exact) mass is 657 g/mol. The zero-order valence-electron chi connectivity index (χ0n) is 25.6. The van der Waals surface area contributed by atoms with Crippen LogP contribution in [-0.4, -0.2) is 61.8 Å². The van der Waals surface area contributed by atoms with Gasteiger partial charge in [0.25, 0.3) is 0 Å². The normalized spacial score (nSPS) is 13.7. The molecule has 0 spiro atoms. The first-order valence-corrected chi connectivity index (χ1v) is 17.0. The Hall–Kier alpha value is -3.91. The molecule has 3 aromatic rings. The fraction of sp³-hybridized carbons (Fsp3) is 0.344. The molecule has 0 radical (unpaired) electrons. The molecule has 2 atom stereocenters. The van der Waals surface area contributed by atoms with Gasteiger partial charge in [-0.15, -0.1) is 0 Å². The second-order valence-corrected chi connectivity index (χ2v) is 13.8. The van der Waals surface area contributed by atoms with Crippen molar-refractivity contribution in [2.45, 2.75) is 55.7 Å². The number of ether oxygens (including phenoxy) is 2. The summed E-state index contributed by atoms with van der Waals surface area (Å²) < 4.78 is 32.7. The SMILES string of the molecule is CC(C)(C)OC(=O)C(N)c1ccc(S(N)(=O)=O)cc1.CSCCC(NC(=O)OCC1c2ccccc2-c2ccccc21)C(=O)O. The van der Waals surface area contributed by atoms with E-state index in [1.54, 1.807) is 20.8 Å². The first kappa shape index (κ1) is 35.6. The number of hydrogen-bond donors (Lipinski definition) is 4. The van der Waals surface area contributed by atoms with Crippen LogP contribution in [0.3, 0.4) is 0 Å². The molecule has 13 heteroatoms. The lowest BCUT2D eigenvalue weighted by Gasteiger charge is -2.22. The van der Waals surface area contributed by atoms with E-state index < -0.39 is 45.7 Å². The number of nitrogens with two attached hydrogens (primary N) is 2. The van der Waals surface area contributed by atoms with Crippen LogP contribution in [0.4, 0.5) is 4.79 Å². The molecular formula is C32H39N3O8S2. The van der Waals surface area contributed by atoms with Crippen molar-refractivity contribution >= 4 is 39.8 Å². The molecule has 0 bridgehead atoms. The van der Waals surface area contributed by atoms with E-state index >= 15 is 0 Å². The molecule has 1 aliphatic carbocycles. The second kappa shape index (κ2) is 15.4. The Morgan fingerprint density at radius 2 is 1.49 bits per heavy atom. The maximum atomic E-state index is 12.1. The van der Waals surface area contributed by atoms with Gasteiger partial charge in [0.1, 0.15) is 24.3 Å². The molecule has 0 aliphatic heterocycles.